The van der Waals surface area contributed by atoms with E-state index in [1.807, 2.05) is 19.0 Å². The highest BCUT2D eigenvalue weighted by Gasteiger charge is 2.50. The second kappa shape index (κ2) is 10.8. The lowest BCUT2D eigenvalue weighted by atomic mass is 9.60. The van der Waals surface area contributed by atoms with Crippen LogP contribution >= 0.6 is 0 Å². The number of likely N-dealkylation sites (N-methyl/N-ethyl adjacent to an activating group) is 1. The number of hydrogen-bond donors (Lipinski definition) is 1. The zero-order valence-electron chi connectivity index (χ0n) is 22.5. The first-order chi connectivity index (χ1) is 19.3. The Morgan fingerprint density at radius 1 is 1.07 bits per heavy atom. The maximum atomic E-state index is 15.2. The van der Waals surface area contributed by atoms with Gasteiger partial charge in [-0.1, -0.05) is 18.2 Å². The van der Waals surface area contributed by atoms with E-state index in [4.69, 9.17) is 0 Å². The first-order valence-corrected chi connectivity index (χ1v) is 14.7. The average Bonchev–Trinajstić information content (AvgIpc) is 2.87. The molecule has 41 heavy (non-hydrogen) atoms. The van der Waals surface area contributed by atoms with Crippen LogP contribution in [0.3, 0.4) is 0 Å². The molecular formula is C28H30F5N5O2S. The number of alkyl halides is 3. The van der Waals surface area contributed by atoms with Crippen LogP contribution in [0.1, 0.15) is 42.7 Å². The van der Waals surface area contributed by atoms with Gasteiger partial charge >= 0.3 is 6.18 Å². The Labute approximate surface area is 235 Å². The summed E-state index contributed by atoms with van der Waals surface area (Å²) in [5.74, 6) is -2.42. The van der Waals surface area contributed by atoms with Crippen molar-refractivity contribution in [3.63, 3.8) is 0 Å². The fraction of sp³-hybridized carbons (Fsp3) is 0.429. The minimum Gasteiger partial charge on any atom is -0.369 e. The Morgan fingerprint density at radius 2 is 1.78 bits per heavy atom. The average molecular weight is 596 g/mol. The number of nitrogens with zero attached hydrogens (tertiary/aromatic N) is 4. The van der Waals surface area contributed by atoms with Crippen molar-refractivity contribution in [3.8, 4) is 0 Å². The Morgan fingerprint density at radius 3 is 2.39 bits per heavy atom. The maximum Gasteiger partial charge on any atom is 0.416 e. The molecule has 3 aromatic rings. The summed E-state index contributed by atoms with van der Waals surface area (Å²) in [6.45, 7) is 0.952. The molecule has 0 bridgehead atoms. The van der Waals surface area contributed by atoms with Gasteiger partial charge in [0.15, 0.2) is 4.90 Å². The predicted octanol–water partition coefficient (Wildman–Crippen LogP) is 5.67. The van der Waals surface area contributed by atoms with Crippen LogP contribution in [0.15, 0.2) is 59.9 Å². The lowest BCUT2D eigenvalue weighted by Gasteiger charge is -2.57. The number of nitrogens with one attached hydrogen (secondary N) is 1. The quantitative estimate of drug-likeness (QED) is 0.355. The van der Waals surface area contributed by atoms with E-state index in [2.05, 4.69) is 19.6 Å². The van der Waals surface area contributed by atoms with E-state index in [0.717, 1.165) is 37.4 Å². The summed E-state index contributed by atoms with van der Waals surface area (Å²) in [5.41, 5.74) is -0.149. The van der Waals surface area contributed by atoms with Crippen LogP contribution in [0.2, 0.25) is 0 Å². The molecule has 2 heterocycles. The van der Waals surface area contributed by atoms with Crippen molar-refractivity contribution in [1.29, 1.82) is 0 Å². The van der Waals surface area contributed by atoms with Gasteiger partial charge in [0.1, 0.15) is 23.8 Å². The van der Waals surface area contributed by atoms with E-state index < -0.39 is 38.3 Å². The molecule has 0 radical (unpaired) electrons. The van der Waals surface area contributed by atoms with E-state index in [-0.39, 0.29) is 28.9 Å². The van der Waals surface area contributed by atoms with E-state index >= 15 is 8.78 Å². The first kappa shape index (κ1) is 29.2. The fourth-order valence-corrected chi connectivity index (χ4v) is 7.30. The van der Waals surface area contributed by atoms with Crippen molar-refractivity contribution in [1.82, 2.24) is 14.9 Å². The van der Waals surface area contributed by atoms with Crippen molar-refractivity contribution in [2.24, 2.45) is 5.92 Å². The molecule has 2 aliphatic rings. The summed E-state index contributed by atoms with van der Waals surface area (Å²) in [6, 6.07) is 8.76. The molecule has 1 N–H and O–H groups in total. The van der Waals surface area contributed by atoms with Crippen LogP contribution in [0.5, 0.6) is 0 Å². The van der Waals surface area contributed by atoms with Gasteiger partial charge in [0.2, 0.25) is 0 Å². The molecule has 1 saturated carbocycles. The van der Waals surface area contributed by atoms with Crippen LogP contribution in [-0.2, 0) is 16.2 Å². The van der Waals surface area contributed by atoms with Gasteiger partial charge in [-0.3, -0.25) is 4.72 Å². The van der Waals surface area contributed by atoms with Gasteiger partial charge in [-0.2, -0.15) is 13.2 Å². The molecule has 7 nitrogen and oxygen atoms in total. The normalized spacial score (nSPS) is 23.4. The molecule has 1 atom stereocenters. The topological polar surface area (TPSA) is 78.4 Å². The van der Waals surface area contributed by atoms with Crippen LogP contribution in [0.25, 0.3) is 0 Å². The van der Waals surface area contributed by atoms with E-state index in [0.29, 0.717) is 31.5 Å². The zero-order valence-corrected chi connectivity index (χ0v) is 23.3. The second-order valence-corrected chi connectivity index (χ2v) is 12.6. The summed E-state index contributed by atoms with van der Waals surface area (Å²) >= 11 is 0. The van der Waals surface area contributed by atoms with E-state index in [1.165, 1.54) is 24.4 Å². The summed E-state index contributed by atoms with van der Waals surface area (Å²) in [5, 5.41) is 0. The molecule has 1 saturated heterocycles. The molecule has 1 aliphatic heterocycles. The number of aromatic nitrogens is 2. The minimum absolute atomic E-state index is 0.00346. The number of sulfonamides is 1. The van der Waals surface area contributed by atoms with Crippen LogP contribution in [0.4, 0.5) is 33.5 Å². The van der Waals surface area contributed by atoms with Crippen molar-refractivity contribution in [3.05, 3.63) is 77.8 Å². The predicted molar refractivity (Wildman–Crippen MR) is 144 cm³/mol. The number of hydrogen-bond acceptors (Lipinski definition) is 6. The van der Waals surface area contributed by atoms with Gasteiger partial charge in [-0.25, -0.2) is 27.2 Å². The molecule has 0 unspecified atom stereocenters. The smallest absolute Gasteiger partial charge is 0.369 e. The van der Waals surface area contributed by atoms with Gasteiger partial charge in [-0.05, 0) is 81.4 Å². The summed E-state index contributed by atoms with van der Waals surface area (Å²) < 4.78 is 97.6. The van der Waals surface area contributed by atoms with Crippen molar-refractivity contribution < 1.29 is 30.4 Å². The van der Waals surface area contributed by atoms with Gasteiger partial charge < -0.3 is 9.80 Å². The highest BCUT2D eigenvalue weighted by atomic mass is 32.2. The Bertz CT molecular complexity index is 1490. The molecular weight excluding hydrogens is 565 g/mol. The van der Waals surface area contributed by atoms with Crippen molar-refractivity contribution >= 4 is 21.5 Å². The molecule has 2 fully saturated rings. The zero-order chi connectivity index (χ0) is 29.6. The lowest BCUT2D eigenvalue weighted by Crippen LogP contribution is -2.62. The van der Waals surface area contributed by atoms with E-state index in [9.17, 15) is 21.6 Å². The Kier molecular flexibility index (Phi) is 7.70. The first-order valence-electron chi connectivity index (χ1n) is 13.2. The fourth-order valence-electron chi connectivity index (χ4n) is 6.17. The third-order valence-corrected chi connectivity index (χ3v) is 9.82. The molecule has 13 heteroatoms. The second-order valence-electron chi connectivity index (χ2n) is 11.0. The van der Waals surface area contributed by atoms with Crippen molar-refractivity contribution in [2.45, 2.75) is 48.2 Å². The molecule has 220 valence electrons. The van der Waals surface area contributed by atoms with Crippen LogP contribution in [0, 0.1) is 17.6 Å². The number of rotatable bonds is 7. The van der Waals surface area contributed by atoms with Crippen LogP contribution in [-0.4, -0.2) is 56.0 Å². The Hall–Kier alpha value is -3.32. The van der Waals surface area contributed by atoms with Gasteiger partial charge in [0, 0.05) is 30.5 Å². The van der Waals surface area contributed by atoms with Crippen LogP contribution < -0.4 is 9.62 Å². The van der Waals surface area contributed by atoms with Gasteiger partial charge in [0.05, 0.1) is 5.56 Å². The Balaban J connectivity index is 1.35. The van der Waals surface area contributed by atoms with Gasteiger partial charge in [-0.15, -0.1) is 0 Å². The standard InChI is InChI=1S/C28H30F5N5O2S/c1-37(2)27(21-12-19(13-21)18-5-3-6-20(11-18)28(31,32)33)8-4-10-38(16-27)22-14-23(29)26(24(30)15-22)41(39,40)36-25-7-9-34-17-35-25/h3,5-7,9,11,14-15,17,19,21H,4,8,10,12-13,16H2,1-2H3,(H,34,35,36)/t19?,21?,27-/m1/s1. The molecule has 2 aromatic carbocycles. The molecule has 1 aliphatic carbocycles. The third kappa shape index (κ3) is 5.74. The van der Waals surface area contributed by atoms with Gasteiger partial charge in [0.25, 0.3) is 10.0 Å². The SMILES string of the molecule is CN(C)[C@]1(C2CC(c3cccc(C(F)(F)F)c3)C2)CCCN(c2cc(F)c(S(=O)(=O)Nc3ccncn3)c(F)c2)C1. The number of anilines is 2. The maximum absolute atomic E-state index is 15.2. The molecule has 0 amide bonds. The summed E-state index contributed by atoms with van der Waals surface area (Å²) in [7, 11) is -0.717. The third-order valence-electron chi connectivity index (χ3n) is 8.41. The molecule has 1 aromatic heterocycles. The molecule has 0 spiro atoms. The number of piperidine rings is 1. The number of halogens is 5. The largest absolute Gasteiger partial charge is 0.416 e. The highest BCUT2D eigenvalue weighted by Crippen LogP contribution is 2.52. The number of benzene rings is 2. The summed E-state index contributed by atoms with van der Waals surface area (Å²) in [4.78, 5) is 10.3. The lowest BCUT2D eigenvalue weighted by molar-refractivity contribution is -0.137. The minimum atomic E-state index is -4.60. The molecule has 5 rings (SSSR count). The van der Waals surface area contributed by atoms with E-state index in [1.54, 1.807) is 6.07 Å². The highest BCUT2D eigenvalue weighted by molar-refractivity contribution is 7.92. The van der Waals surface area contributed by atoms with Crippen molar-refractivity contribution in [2.75, 3.05) is 36.8 Å². The summed E-state index contributed by atoms with van der Waals surface area (Å²) in [6.07, 6.45) is 0.921. The monoisotopic (exact) mass is 595 g/mol.